The summed E-state index contributed by atoms with van der Waals surface area (Å²) in [5.74, 6) is 1.33. The van der Waals surface area contributed by atoms with E-state index in [1.807, 2.05) is 20.8 Å². The lowest BCUT2D eigenvalue weighted by atomic mass is 9.83. The fourth-order valence-electron chi connectivity index (χ4n) is 2.24. The minimum absolute atomic E-state index is 0.0291. The monoisotopic (exact) mass is 249 g/mol. The van der Waals surface area contributed by atoms with E-state index in [0.717, 1.165) is 18.9 Å². The molecular formula is C14H23N3O. The predicted molar refractivity (Wildman–Crippen MR) is 73.9 cm³/mol. The highest BCUT2D eigenvalue weighted by atomic mass is 16.1. The highest BCUT2D eigenvalue weighted by Crippen LogP contribution is 2.28. The summed E-state index contributed by atoms with van der Waals surface area (Å²) in [6, 6.07) is 0. The lowest BCUT2D eigenvalue weighted by molar-refractivity contribution is 0.302. The fraction of sp³-hybridized carbons (Fsp3) is 0.714. The van der Waals surface area contributed by atoms with E-state index in [-0.39, 0.29) is 11.1 Å². The SMILES string of the molecule is CC(C)(C)n1ccnc(NCCC2CCC2)c1=O. The molecule has 100 valence electrons. The molecule has 1 saturated carbocycles. The van der Waals surface area contributed by atoms with E-state index in [1.165, 1.54) is 19.3 Å². The van der Waals surface area contributed by atoms with Gasteiger partial charge in [0.15, 0.2) is 5.82 Å². The van der Waals surface area contributed by atoms with Gasteiger partial charge in [-0.05, 0) is 33.1 Å². The zero-order valence-corrected chi connectivity index (χ0v) is 11.6. The fourth-order valence-corrected chi connectivity index (χ4v) is 2.24. The molecule has 0 aliphatic heterocycles. The number of hydrogen-bond donors (Lipinski definition) is 1. The van der Waals surface area contributed by atoms with Gasteiger partial charge in [0, 0.05) is 24.5 Å². The van der Waals surface area contributed by atoms with Crippen molar-refractivity contribution in [2.75, 3.05) is 11.9 Å². The average molecular weight is 249 g/mol. The van der Waals surface area contributed by atoms with Crippen LogP contribution in [0.25, 0.3) is 0 Å². The minimum Gasteiger partial charge on any atom is -0.365 e. The van der Waals surface area contributed by atoms with Crippen molar-refractivity contribution in [1.29, 1.82) is 0 Å². The molecular weight excluding hydrogens is 226 g/mol. The summed E-state index contributed by atoms with van der Waals surface area (Å²) in [6.45, 7) is 6.91. The van der Waals surface area contributed by atoms with Gasteiger partial charge in [-0.25, -0.2) is 4.98 Å². The molecule has 2 rings (SSSR count). The molecule has 4 heteroatoms. The normalized spacial score (nSPS) is 16.4. The molecule has 1 N–H and O–H groups in total. The van der Waals surface area contributed by atoms with E-state index in [9.17, 15) is 4.79 Å². The van der Waals surface area contributed by atoms with Crippen LogP contribution in [0.3, 0.4) is 0 Å². The highest BCUT2D eigenvalue weighted by molar-refractivity contribution is 5.31. The van der Waals surface area contributed by atoms with E-state index in [0.29, 0.717) is 5.82 Å². The lowest BCUT2D eigenvalue weighted by Gasteiger charge is -2.25. The van der Waals surface area contributed by atoms with Crippen molar-refractivity contribution in [2.24, 2.45) is 5.92 Å². The highest BCUT2D eigenvalue weighted by Gasteiger charge is 2.18. The van der Waals surface area contributed by atoms with Gasteiger partial charge in [-0.3, -0.25) is 4.79 Å². The third-order valence-electron chi connectivity index (χ3n) is 3.63. The van der Waals surface area contributed by atoms with Crippen LogP contribution in [0.2, 0.25) is 0 Å². The molecule has 1 aromatic rings. The zero-order valence-electron chi connectivity index (χ0n) is 11.6. The van der Waals surface area contributed by atoms with Crippen LogP contribution >= 0.6 is 0 Å². The van der Waals surface area contributed by atoms with Crippen molar-refractivity contribution in [1.82, 2.24) is 9.55 Å². The van der Waals surface area contributed by atoms with Gasteiger partial charge in [-0.2, -0.15) is 0 Å². The summed E-state index contributed by atoms with van der Waals surface area (Å²) in [5, 5.41) is 3.18. The molecule has 0 unspecified atom stereocenters. The molecule has 18 heavy (non-hydrogen) atoms. The van der Waals surface area contributed by atoms with Crippen LogP contribution in [-0.4, -0.2) is 16.1 Å². The van der Waals surface area contributed by atoms with Gasteiger partial charge >= 0.3 is 0 Å². The van der Waals surface area contributed by atoms with Crippen LogP contribution in [0.4, 0.5) is 5.82 Å². The molecule has 1 fully saturated rings. The molecule has 0 spiro atoms. The van der Waals surface area contributed by atoms with E-state index >= 15 is 0 Å². The molecule has 0 radical (unpaired) electrons. The van der Waals surface area contributed by atoms with E-state index in [1.54, 1.807) is 17.0 Å². The van der Waals surface area contributed by atoms with E-state index < -0.39 is 0 Å². The molecule has 1 aromatic heterocycles. The van der Waals surface area contributed by atoms with Crippen molar-refractivity contribution >= 4 is 5.82 Å². The van der Waals surface area contributed by atoms with Gasteiger partial charge < -0.3 is 9.88 Å². The number of nitrogens with zero attached hydrogens (tertiary/aromatic N) is 2. The van der Waals surface area contributed by atoms with Crippen LogP contribution in [0.5, 0.6) is 0 Å². The molecule has 1 heterocycles. The summed E-state index contributed by atoms with van der Waals surface area (Å²) in [7, 11) is 0. The second-order valence-electron chi connectivity index (χ2n) is 6.13. The first-order chi connectivity index (χ1) is 8.48. The van der Waals surface area contributed by atoms with Gasteiger partial charge in [0.2, 0.25) is 0 Å². The first-order valence-electron chi connectivity index (χ1n) is 6.80. The molecule has 0 atom stereocenters. The van der Waals surface area contributed by atoms with Crippen molar-refractivity contribution in [3.63, 3.8) is 0 Å². The zero-order chi connectivity index (χ0) is 13.2. The Labute approximate surface area is 108 Å². The van der Waals surface area contributed by atoms with Gasteiger partial charge in [-0.1, -0.05) is 19.3 Å². The average Bonchev–Trinajstić information content (AvgIpc) is 2.22. The topological polar surface area (TPSA) is 46.9 Å². The lowest BCUT2D eigenvalue weighted by Crippen LogP contribution is -2.35. The van der Waals surface area contributed by atoms with Crippen molar-refractivity contribution in [2.45, 2.75) is 52.0 Å². The third kappa shape index (κ3) is 2.92. The van der Waals surface area contributed by atoms with Gasteiger partial charge in [-0.15, -0.1) is 0 Å². The summed E-state index contributed by atoms with van der Waals surface area (Å²) in [6.07, 6.45) is 8.64. The molecule has 0 amide bonds. The van der Waals surface area contributed by atoms with Crippen LogP contribution in [0, 0.1) is 5.92 Å². The number of anilines is 1. The number of aromatic nitrogens is 2. The maximum atomic E-state index is 12.2. The van der Waals surface area contributed by atoms with E-state index in [4.69, 9.17) is 0 Å². The second kappa shape index (κ2) is 5.12. The third-order valence-corrected chi connectivity index (χ3v) is 3.63. The number of hydrogen-bond acceptors (Lipinski definition) is 3. The number of nitrogens with one attached hydrogen (secondary N) is 1. The van der Waals surface area contributed by atoms with Crippen molar-refractivity contribution in [3.8, 4) is 0 Å². The van der Waals surface area contributed by atoms with E-state index in [2.05, 4.69) is 10.3 Å². The van der Waals surface area contributed by atoms with Gasteiger partial charge in [0.05, 0.1) is 0 Å². The summed E-state index contributed by atoms with van der Waals surface area (Å²) in [4.78, 5) is 16.4. The molecule has 0 bridgehead atoms. The first-order valence-corrected chi connectivity index (χ1v) is 6.80. The minimum atomic E-state index is -0.204. The number of rotatable bonds is 4. The van der Waals surface area contributed by atoms with Gasteiger partial charge in [0.25, 0.3) is 5.56 Å². The summed E-state index contributed by atoms with van der Waals surface area (Å²) >= 11 is 0. The quantitative estimate of drug-likeness (QED) is 0.892. The Balaban J connectivity index is 2.01. The van der Waals surface area contributed by atoms with Crippen LogP contribution in [0.1, 0.15) is 46.5 Å². The Bertz CT molecular complexity index is 455. The Kier molecular flexibility index (Phi) is 3.73. The molecule has 0 aromatic carbocycles. The van der Waals surface area contributed by atoms with Crippen LogP contribution < -0.4 is 10.9 Å². The Morgan fingerprint density at radius 3 is 2.72 bits per heavy atom. The first kappa shape index (κ1) is 13.1. The van der Waals surface area contributed by atoms with Crippen LogP contribution in [-0.2, 0) is 5.54 Å². The summed E-state index contributed by atoms with van der Waals surface area (Å²) < 4.78 is 1.73. The largest absolute Gasteiger partial charge is 0.365 e. The van der Waals surface area contributed by atoms with Crippen molar-refractivity contribution in [3.05, 3.63) is 22.7 Å². The molecule has 1 aliphatic rings. The molecule has 0 saturated heterocycles. The standard InChI is InChI=1S/C14H23N3O/c1-14(2,3)17-10-9-16-12(13(17)18)15-8-7-11-5-4-6-11/h9-11H,4-8H2,1-3H3,(H,15,16). The Morgan fingerprint density at radius 1 is 1.44 bits per heavy atom. The van der Waals surface area contributed by atoms with Gasteiger partial charge in [0.1, 0.15) is 0 Å². The second-order valence-corrected chi connectivity index (χ2v) is 6.13. The van der Waals surface area contributed by atoms with Crippen LogP contribution in [0.15, 0.2) is 17.2 Å². The molecule has 4 nitrogen and oxygen atoms in total. The smallest absolute Gasteiger partial charge is 0.293 e. The maximum absolute atomic E-state index is 12.2. The summed E-state index contributed by atoms with van der Waals surface area (Å²) in [5.41, 5.74) is -0.233. The maximum Gasteiger partial charge on any atom is 0.293 e. The Morgan fingerprint density at radius 2 is 2.17 bits per heavy atom. The molecule has 1 aliphatic carbocycles. The predicted octanol–water partition coefficient (Wildman–Crippen LogP) is 2.60. The Hall–Kier alpha value is -1.32. The van der Waals surface area contributed by atoms with Crippen molar-refractivity contribution < 1.29 is 0 Å².